The minimum atomic E-state index is -0.411. The molecule has 0 aliphatic carbocycles. The van der Waals surface area contributed by atoms with Crippen LogP contribution in [0, 0.1) is 0 Å². The van der Waals surface area contributed by atoms with Crippen molar-refractivity contribution < 1.29 is 9.59 Å². The number of hydrogen-bond acceptors (Lipinski definition) is 6. The van der Waals surface area contributed by atoms with E-state index in [0.717, 1.165) is 5.56 Å². The van der Waals surface area contributed by atoms with Crippen LogP contribution in [0.2, 0.25) is 0 Å². The number of hydrogen-bond donors (Lipinski definition) is 2. The molecule has 0 atom stereocenters. The maximum atomic E-state index is 12.2. The minimum absolute atomic E-state index is 0.190. The summed E-state index contributed by atoms with van der Waals surface area (Å²) in [6, 6.07) is 9.42. The zero-order valence-corrected chi connectivity index (χ0v) is 13.5. The van der Waals surface area contributed by atoms with Gasteiger partial charge in [-0.1, -0.05) is 41.7 Å². The Bertz CT molecular complexity index is 865. The van der Waals surface area contributed by atoms with E-state index in [0.29, 0.717) is 15.8 Å². The van der Waals surface area contributed by atoms with E-state index in [1.54, 1.807) is 0 Å². The molecular weight excluding hydrogens is 326 g/mol. The fourth-order valence-corrected chi connectivity index (χ4v) is 2.92. The lowest BCUT2D eigenvalue weighted by Gasteiger charge is -2.01. The molecule has 0 saturated carbocycles. The van der Waals surface area contributed by atoms with Crippen LogP contribution in [0.25, 0.3) is 11.3 Å². The van der Waals surface area contributed by atoms with Gasteiger partial charge in [0.25, 0.3) is 5.91 Å². The highest BCUT2D eigenvalue weighted by Gasteiger charge is 2.16. The van der Waals surface area contributed by atoms with Gasteiger partial charge in [-0.3, -0.25) is 19.9 Å². The van der Waals surface area contributed by atoms with Crippen LogP contribution >= 0.6 is 11.3 Å². The van der Waals surface area contributed by atoms with E-state index in [9.17, 15) is 9.59 Å². The SMILES string of the molecule is CC(=O)Nc1sc(NC(=O)c2cnccn2)nc1-c1ccccc1. The molecule has 24 heavy (non-hydrogen) atoms. The molecule has 7 nitrogen and oxygen atoms in total. The first-order valence-electron chi connectivity index (χ1n) is 7.04. The Balaban J connectivity index is 1.91. The Hall–Kier alpha value is -3.13. The lowest BCUT2D eigenvalue weighted by molar-refractivity contribution is -0.114. The summed E-state index contributed by atoms with van der Waals surface area (Å²) in [5.74, 6) is -0.617. The Morgan fingerprint density at radius 3 is 2.54 bits per heavy atom. The number of carbonyl (C=O) groups is 2. The molecule has 3 rings (SSSR count). The molecule has 0 bridgehead atoms. The van der Waals surface area contributed by atoms with Crippen molar-refractivity contribution in [2.75, 3.05) is 10.6 Å². The number of rotatable bonds is 4. The lowest BCUT2D eigenvalue weighted by Crippen LogP contribution is -2.13. The first-order valence-corrected chi connectivity index (χ1v) is 7.86. The predicted molar refractivity (Wildman–Crippen MR) is 91.8 cm³/mol. The van der Waals surface area contributed by atoms with Crippen molar-refractivity contribution in [3.63, 3.8) is 0 Å². The second-order valence-corrected chi connectivity index (χ2v) is 5.79. The maximum Gasteiger partial charge on any atom is 0.277 e. The number of amides is 2. The van der Waals surface area contributed by atoms with E-state index in [1.165, 1.54) is 36.9 Å². The van der Waals surface area contributed by atoms with Gasteiger partial charge in [0.05, 0.1) is 6.20 Å². The molecule has 3 aromatic rings. The van der Waals surface area contributed by atoms with Crippen molar-refractivity contribution in [1.29, 1.82) is 0 Å². The summed E-state index contributed by atoms with van der Waals surface area (Å²) in [6.07, 6.45) is 4.30. The van der Waals surface area contributed by atoms with Crippen molar-refractivity contribution >= 4 is 33.3 Å². The highest BCUT2D eigenvalue weighted by molar-refractivity contribution is 7.20. The van der Waals surface area contributed by atoms with E-state index < -0.39 is 5.91 Å². The molecule has 2 amide bonds. The summed E-state index contributed by atoms with van der Waals surface area (Å²) in [7, 11) is 0. The van der Waals surface area contributed by atoms with E-state index in [1.807, 2.05) is 30.3 Å². The van der Waals surface area contributed by atoms with E-state index in [2.05, 4.69) is 25.6 Å². The van der Waals surface area contributed by atoms with Crippen LogP contribution in [0.5, 0.6) is 0 Å². The second-order valence-electron chi connectivity index (χ2n) is 4.79. The molecule has 8 heteroatoms. The molecule has 2 aromatic heterocycles. The first-order chi connectivity index (χ1) is 11.6. The van der Waals surface area contributed by atoms with Crippen LogP contribution in [-0.2, 0) is 4.79 Å². The summed E-state index contributed by atoms with van der Waals surface area (Å²) in [5, 5.41) is 6.36. The summed E-state index contributed by atoms with van der Waals surface area (Å²) < 4.78 is 0. The van der Waals surface area contributed by atoms with Gasteiger partial charge in [-0.2, -0.15) is 0 Å². The van der Waals surface area contributed by atoms with Crippen molar-refractivity contribution in [3.05, 3.63) is 54.6 Å². The van der Waals surface area contributed by atoms with Gasteiger partial charge in [-0.15, -0.1) is 0 Å². The van der Waals surface area contributed by atoms with Crippen LogP contribution in [0.4, 0.5) is 10.1 Å². The van der Waals surface area contributed by atoms with Gasteiger partial charge >= 0.3 is 0 Å². The van der Waals surface area contributed by atoms with E-state index in [-0.39, 0.29) is 11.6 Å². The quantitative estimate of drug-likeness (QED) is 0.762. The van der Waals surface area contributed by atoms with Gasteiger partial charge < -0.3 is 5.32 Å². The number of nitrogens with one attached hydrogen (secondary N) is 2. The Kier molecular flexibility index (Phi) is 4.57. The first kappa shape index (κ1) is 15.8. The van der Waals surface area contributed by atoms with Crippen molar-refractivity contribution in [3.8, 4) is 11.3 Å². The van der Waals surface area contributed by atoms with Crippen LogP contribution < -0.4 is 10.6 Å². The van der Waals surface area contributed by atoms with Crippen LogP contribution in [0.1, 0.15) is 17.4 Å². The third kappa shape index (κ3) is 3.61. The number of benzene rings is 1. The third-order valence-electron chi connectivity index (χ3n) is 2.98. The maximum absolute atomic E-state index is 12.2. The van der Waals surface area contributed by atoms with Gasteiger partial charge in [0.1, 0.15) is 16.4 Å². The van der Waals surface area contributed by atoms with Gasteiger partial charge in [-0.25, -0.2) is 9.97 Å². The second kappa shape index (κ2) is 6.97. The van der Waals surface area contributed by atoms with Crippen LogP contribution in [-0.4, -0.2) is 26.8 Å². The van der Waals surface area contributed by atoms with Gasteiger partial charge in [0.2, 0.25) is 5.91 Å². The van der Waals surface area contributed by atoms with Gasteiger partial charge in [0.15, 0.2) is 5.13 Å². The smallest absolute Gasteiger partial charge is 0.277 e. The number of anilines is 2. The Labute approximate surface area is 141 Å². The number of carbonyl (C=O) groups excluding carboxylic acids is 2. The number of thiazole rings is 1. The van der Waals surface area contributed by atoms with Crippen molar-refractivity contribution in [2.45, 2.75) is 6.92 Å². The summed E-state index contributed by atoms with van der Waals surface area (Å²) in [5.41, 5.74) is 1.64. The average molecular weight is 339 g/mol. The zero-order valence-electron chi connectivity index (χ0n) is 12.7. The molecule has 0 unspecified atom stereocenters. The largest absolute Gasteiger partial charge is 0.316 e. The highest BCUT2D eigenvalue weighted by Crippen LogP contribution is 2.35. The average Bonchev–Trinajstić information content (AvgIpc) is 2.98. The topological polar surface area (TPSA) is 96.9 Å². The number of nitrogens with zero attached hydrogens (tertiary/aromatic N) is 3. The van der Waals surface area contributed by atoms with Crippen LogP contribution in [0.15, 0.2) is 48.9 Å². The predicted octanol–water partition coefficient (Wildman–Crippen LogP) is 2.81. The Morgan fingerprint density at radius 1 is 1.08 bits per heavy atom. The van der Waals surface area contributed by atoms with E-state index >= 15 is 0 Å². The third-order valence-corrected chi connectivity index (χ3v) is 3.87. The van der Waals surface area contributed by atoms with Crippen molar-refractivity contribution in [2.24, 2.45) is 0 Å². The van der Waals surface area contributed by atoms with Gasteiger partial charge in [-0.05, 0) is 0 Å². The van der Waals surface area contributed by atoms with Crippen LogP contribution in [0.3, 0.4) is 0 Å². The fraction of sp³-hybridized carbons (Fsp3) is 0.0625. The minimum Gasteiger partial charge on any atom is -0.316 e. The Morgan fingerprint density at radius 2 is 1.88 bits per heavy atom. The molecule has 1 aromatic carbocycles. The molecular formula is C16H13N5O2S. The number of aromatic nitrogens is 3. The van der Waals surface area contributed by atoms with Gasteiger partial charge in [0, 0.05) is 24.9 Å². The summed E-state index contributed by atoms with van der Waals surface area (Å²) >= 11 is 1.18. The molecule has 0 saturated heterocycles. The van der Waals surface area contributed by atoms with E-state index in [4.69, 9.17) is 0 Å². The summed E-state index contributed by atoms with van der Waals surface area (Å²) in [4.78, 5) is 35.8. The molecule has 2 heterocycles. The fourth-order valence-electron chi connectivity index (χ4n) is 1.99. The van der Waals surface area contributed by atoms with Crippen molar-refractivity contribution in [1.82, 2.24) is 15.0 Å². The summed E-state index contributed by atoms with van der Waals surface area (Å²) in [6.45, 7) is 1.42. The molecule has 0 radical (unpaired) electrons. The molecule has 120 valence electrons. The molecule has 2 N–H and O–H groups in total. The molecule has 0 aliphatic rings. The highest BCUT2D eigenvalue weighted by atomic mass is 32.1. The zero-order chi connectivity index (χ0) is 16.9. The standard InChI is InChI=1S/C16H13N5O2S/c1-10(22)19-15-13(11-5-3-2-4-6-11)20-16(24-15)21-14(23)12-9-17-7-8-18-12/h2-9H,1H3,(H,19,22)(H,20,21,23). The lowest BCUT2D eigenvalue weighted by atomic mass is 10.2. The molecule has 0 fully saturated rings. The normalized spacial score (nSPS) is 10.2. The molecule has 0 spiro atoms. The monoisotopic (exact) mass is 339 g/mol. The molecule has 0 aliphatic heterocycles.